The monoisotopic (exact) mass is 499 g/mol. The minimum atomic E-state index is -0.358. The predicted octanol–water partition coefficient (Wildman–Crippen LogP) is 3.95. The molecule has 1 aromatic heterocycles. The van der Waals surface area contributed by atoms with Crippen LogP contribution in [0.1, 0.15) is 44.6 Å². The number of nitrogens with one attached hydrogen (secondary N) is 1. The number of ether oxygens (including phenoxy) is 1. The van der Waals surface area contributed by atoms with Gasteiger partial charge in [0.1, 0.15) is 0 Å². The summed E-state index contributed by atoms with van der Waals surface area (Å²) >= 11 is 0. The number of nitrogens with zero attached hydrogens (tertiary/aromatic N) is 2. The Morgan fingerprint density at radius 2 is 1.57 bits per heavy atom. The topological polar surface area (TPSA) is 82.3 Å². The van der Waals surface area contributed by atoms with Gasteiger partial charge in [0.2, 0.25) is 0 Å². The number of carbonyl (C=O) groups excluding carboxylic acids is 1. The summed E-state index contributed by atoms with van der Waals surface area (Å²) in [4.78, 5) is 39.4. The van der Waals surface area contributed by atoms with E-state index in [2.05, 4.69) is 24.4 Å². The van der Waals surface area contributed by atoms with Crippen LogP contribution in [-0.4, -0.2) is 35.3 Å². The van der Waals surface area contributed by atoms with Crippen molar-refractivity contribution in [3.63, 3.8) is 0 Å². The van der Waals surface area contributed by atoms with Gasteiger partial charge in [0.15, 0.2) is 0 Å². The van der Waals surface area contributed by atoms with Crippen molar-refractivity contribution in [2.75, 3.05) is 20.3 Å². The zero-order chi connectivity index (χ0) is 26.5. The van der Waals surface area contributed by atoms with Gasteiger partial charge in [0, 0.05) is 25.8 Å². The summed E-state index contributed by atoms with van der Waals surface area (Å²) in [5, 5.41) is 3.35. The maximum Gasteiger partial charge on any atom is 0.332 e. The number of hydrogen-bond donors (Lipinski definition) is 1. The minimum absolute atomic E-state index is 0.115. The van der Waals surface area contributed by atoms with Crippen LogP contribution in [-0.2, 0) is 17.8 Å². The fourth-order valence-corrected chi connectivity index (χ4v) is 4.75. The first-order valence-electron chi connectivity index (χ1n) is 12.5. The molecular formula is C30H33N3O4. The maximum atomic E-state index is 13.7. The van der Waals surface area contributed by atoms with E-state index in [1.807, 2.05) is 32.0 Å². The predicted molar refractivity (Wildman–Crippen MR) is 147 cm³/mol. The number of benzene rings is 3. The van der Waals surface area contributed by atoms with Crippen molar-refractivity contribution in [2.24, 2.45) is 0 Å². The van der Waals surface area contributed by atoms with Crippen molar-refractivity contribution in [3.8, 4) is 0 Å². The Balaban J connectivity index is 1.68. The highest BCUT2D eigenvalue weighted by Gasteiger charge is 2.16. The summed E-state index contributed by atoms with van der Waals surface area (Å²) in [5.41, 5.74) is 5.70. The van der Waals surface area contributed by atoms with E-state index in [1.165, 1.54) is 10.1 Å². The summed E-state index contributed by atoms with van der Waals surface area (Å²) in [6.45, 7) is 7.76. The van der Waals surface area contributed by atoms with Crippen molar-refractivity contribution >= 4 is 16.8 Å². The van der Waals surface area contributed by atoms with Crippen LogP contribution in [0.25, 0.3) is 10.9 Å². The van der Waals surface area contributed by atoms with E-state index in [0.717, 1.165) is 28.7 Å². The van der Waals surface area contributed by atoms with Crippen LogP contribution in [0.15, 0.2) is 70.3 Å². The van der Waals surface area contributed by atoms with Crippen molar-refractivity contribution in [1.29, 1.82) is 0 Å². The minimum Gasteiger partial charge on any atom is -0.385 e. The van der Waals surface area contributed by atoms with Crippen LogP contribution in [0.2, 0.25) is 0 Å². The van der Waals surface area contributed by atoms with Gasteiger partial charge in [-0.15, -0.1) is 0 Å². The number of fused-ring (bicyclic) bond motifs is 1. The number of rotatable bonds is 9. The molecule has 7 heteroatoms. The highest BCUT2D eigenvalue weighted by Crippen LogP contribution is 2.19. The van der Waals surface area contributed by atoms with E-state index in [-0.39, 0.29) is 23.7 Å². The zero-order valence-electron chi connectivity index (χ0n) is 21.8. The second kappa shape index (κ2) is 11.4. The Morgan fingerprint density at radius 1 is 0.892 bits per heavy atom. The molecule has 1 N–H and O–H groups in total. The van der Waals surface area contributed by atoms with Crippen molar-refractivity contribution in [2.45, 2.75) is 40.3 Å². The van der Waals surface area contributed by atoms with Gasteiger partial charge in [-0.1, -0.05) is 42.0 Å². The summed E-state index contributed by atoms with van der Waals surface area (Å²) in [5.74, 6) is -0.170. The van der Waals surface area contributed by atoms with Gasteiger partial charge in [-0.3, -0.25) is 18.7 Å². The molecule has 0 aliphatic carbocycles. The first kappa shape index (κ1) is 26.1. The molecule has 37 heavy (non-hydrogen) atoms. The molecule has 0 aliphatic rings. The van der Waals surface area contributed by atoms with E-state index in [0.29, 0.717) is 36.2 Å². The van der Waals surface area contributed by atoms with Crippen molar-refractivity contribution < 1.29 is 9.53 Å². The Morgan fingerprint density at radius 3 is 2.24 bits per heavy atom. The lowest BCUT2D eigenvalue weighted by Crippen LogP contribution is -2.40. The van der Waals surface area contributed by atoms with Crippen LogP contribution in [0.3, 0.4) is 0 Å². The second-order valence-electron chi connectivity index (χ2n) is 9.45. The van der Waals surface area contributed by atoms with E-state index < -0.39 is 0 Å². The van der Waals surface area contributed by atoms with Gasteiger partial charge in [0.05, 0.1) is 24.0 Å². The Kier molecular flexibility index (Phi) is 8.04. The SMILES string of the molecule is COCCCNC(=O)c1ccc(Cn2c(=O)c3ccccc3n(Cc3c(C)cc(C)cc3C)c2=O)cc1. The molecule has 0 unspecified atom stereocenters. The third-order valence-corrected chi connectivity index (χ3v) is 6.66. The third-order valence-electron chi connectivity index (χ3n) is 6.66. The summed E-state index contributed by atoms with van der Waals surface area (Å²) in [7, 11) is 1.63. The lowest BCUT2D eigenvalue weighted by atomic mass is 9.99. The molecule has 1 heterocycles. The first-order chi connectivity index (χ1) is 17.8. The first-order valence-corrected chi connectivity index (χ1v) is 12.5. The molecule has 7 nitrogen and oxygen atoms in total. The van der Waals surface area contributed by atoms with E-state index in [1.54, 1.807) is 42.0 Å². The van der Waals surface area contributed by atoms with Crippen LogP contribution < -0.4 is 16.6 Å². The summed E-state index contributed by atoms with van der Waals surface area (Å²) in [6, 6.07) is 18.4. The fourth-order valence-electron chi connectivity index (χ4n) is 4.75. The molecule has 0 bridgehead atoms. The number of amides is 1. The molecule has 0 spiro atoms. The summed E-state index contributed by atoms with van der Waals surface area (Å²) in [6.07, 6.45) is 0.735. The van der Waals surface area contributed by atoms with Crippen LogP contribution in [0, 0.1) is 20.8 Å². The number of para-hydroxylation sites is 1. The molecular weight excluding hydrogens is 466 g/mol. The van der Waals surface area contributed by atoms with E-state index in [9.17, 15) is 14.4 Å². The highest BCUT2D eigenvalue weighted by molar-refractivity contribution is 5.94. The second-order valence-corrected chi connectivity index (χ2v) is 9.45. The Labute approximate surface area is 216 Å². The molecule has 4 aromatic rings. The van der Waals surface area contributed by atoms with Gasteiger partial charge in [0.25, 0.3) is 11.5 Å². The molecule has 192 valence electrons. The number of carbonyl (C=O) groups is 1. The standard InChI is InChI=1S/C30H33N3O4/c1-20-16-21(2)26(22(3)17-20)19-32-27-9-6-5-8-25(27)29(35)33(30(32)36)18-23-10-12-24(13-11-23)28(34)31-14-7-15-37-4/h5-6,8-13,16-17H,7,14-15,18-19H2,1-4H3,(H,31,34). The molecule has 0 atom stereocenters. The van der Waals surface area contributed by atoms with Crippen molar-refractivity contribution in [3.05, 3.63) is 115 Å². The Bertz CT molecular complexity index is 1530. The largest absolute Gasteiger partial charge is 0.385 e. The smallest absolute Gasteiger partial charge is 0.332 e. The average molecular weight is 500 g/mol. The molecule has 0 fully saturated rings. The van der Waals surface area contributed by atoms with Crippen LogP contribution in [0.4, 0.5) is 0 Å². The fraction of sp³-hybridized carbons (Fsp3) is 0.300. The molecule has 3 aromatic carbocycles. The van der Waals surface area contributed by atoms with Crippen LogP contribution >= 0.6 is 0 Å². The maximum absolute atomic E-state index is 13.7. The zero-order valence-corrected chi connectivity index (χ0v) is 21.8. The molecule has 0 radical (unpaired) electrons. The number of aryl methyl sites for hydroxylation is 3. The number of aromatic nitrogens is 2. The highest BCUT2D eigenvalue weighted by atomic mass is 16.5. The van der Waals surface area contributed by atoms with Crippen molar-refractivity contribution in [1.82, 2.24) is 14.5 Å². The normalized spacial score (nSPS) is 11.1. The van der Waals surface area contributed by atoms with Gasteiger partial charge >= 0.3 is 5.69 Å². The molecule has 4 rings (SSSR count). The molecule has 1 amide bonds. The quantitative estimate of drug-likeness (QED) is 0.354. The van der Waals surface area contributed by atoms with Gasteiger partial charge in [-0.05, 0) is 73.7 Å². The summed E-state index contributed by atoms with van der Waals surface area (Å²) < 4.78 is 7.96. The van der Waals surface area contributed by atoms with E-state index in [4.69, 9.17) is 4.74 Å². The van der Waals surface area contributed by atoms with Crippen LogP contribution in [0.5, 0.6) is 0 Å². The lowest BCUT2D eigenvalue weighted by Gasteiger charge is -2.17. The average Bonchev–Trinajstić information content (AvgIpc) is 2.88. The van der Waals surface area contributed by atoms with Gasteiger partial charge in [-0.2, -0.15) is 0 Å². The van der Waals surface area contributed by atoms with Gasteiger partial charge in [-0.25, -0.2) is 4.79 Å². The molecule has 0 saturated heterocycles. The molecule has 0 saturated carbocycles. The van der Waals surface area contributed by atoms with E-state index >= 15 is 0 Å². The molecule has 0 aliphatic heterocycles. The lowest BCUT2D eigenvalue weighted by molar-refractivity contribution is 0.0948. The number of hydrogen-bond acceptors (Lipinski definition) is 4. The van der Waals surface area contributed by atoms with Gasteiger partial charge < -0.3 is 10.1 Å². The third kappa shape index (κ3) is 5.73. The Hall–Kier alpha value is -3.97. The number of methoxy groups -OCH3 is 1.